The first kappa shape index (κ1) is 18.6. The van der Waals surface area contributed by atoms with E-state index >= 15 is 0 Å². The molecule has 4 nitrogen and oxygen atoms in total. The van der Waals surface area contributed by atoms with Gasteiger partial charge in [-0.3, -0.25) is 9.69 Å². The second-order valence-electron chi connectivity index (χ2n) is 5.60. The van der Waals surface area contributed by atoms with Crippen molar-refractivity contribution in [3.05, 3.63) is 57.7 Å². The molecule has 8 heteroatoms. The molecule has 0 fully saturated rings. The van der Waals surface area contributed by atoms with E-state index in [0.717, 1.165) is 28.4 Å². The molecule has 1 N–H and O–H groups in total. The molecule has 0 aliphatic carbocycles. The molecule has 3 aromatic rings. The van der Waals surface area contributed by atoms with Gasteiger partial charge in [0.15, 0.2) is 0 Å². The van der Waals surface area contributed by atoms with Crippen molar-refractivity contribution >= 4 is 34.3 Å². The number of aromatic nitrogens is 1. The van der Waals surface area contributed by atoms with E-state index in [4.69, 9.17) is 0 Å². The van der Waals surface area contributed by atoms with E-state index in [2.05, 4.69) is 10.3 Å². The number of thiophene rings is 1. The summed E-state index contributed by atoms with van der Waals surface area (Å²) in [7, 11) is 0. The predicted octanol–water partition coefficient (Wildman–Crippen LogP) is 4.61. The van der Waals surface area contributed by atoms with Gasteiger partial charge in [-0.15, -0.1) is 11.3 Å². The van der Waals surface area contributed by atoms with Crippen LogP contribution in [-0.4, -0.2) is 28.9 Å². The molecule has 0 saturated heterocycles. The molecular weight excluding hydrogens is 376 g/mol. The quantitative estimate of drug-likeness (QED) is 0.638. The van der Waals surface area contributed by atoms with Crippen LogP contribution in [0.2, 0.25) is 0 Å². The van der Waals surface area contributed by atoms with Crippen molar-refractivity contribution in [3.63, 3.8) is 0 Å². The summed E-state index contributed by atoms with van der Waals surface area (Å²) in [4.78, 5) is 18.6. The lowest BCUT2D eigenvalue weighted by Crippen LogP contribution is -2.33. The lowest BCUT2D eigenvalue weighted by Gasteiger charge is -2.19. The summed E-state index contributed by atoms with van der Waals surface area (Å²) in [5.41, 5.74) is 1.53. The van der Waals surface area contributed by atoms with Crippen molar-refractivity contribution in [2.24, 2.45) is 0 Å². The summed E-state index contributed by atoms with van der Waals surface area (Å²) >= 11 is 3.17. The maximum Gasteiger partial charge on any atom is 0.238 e. The largest absolute Gasteiger partial charge is 0.320 e. The lowest BCUT2D eigenvalue weighted by molar-refractivity contribution is -0.117. The van der Waals surface area contributed by atoms with Gasteiger partial charge < -0.3 is 5.32 Å². The molecule has 2 heterocycles. The highest BCUT2D eigenvalue weighted by Gasteiger charge is 2.16. The molecule has 26 heavy (non-hydrogen) atoms. The van der Waals surface area contributed by atoms with Crippen LogP contribution in [-0.2, 0) is 11.3 Å². The molecule has 0 spiro atoms. The lowest BCUT2D eigenvalue weighted by atomic mass is 10.3. The van der Waals surface area contributed by atoms with Gasteiger partial charge in [-0.05, 0) is 30.1 Å². The number of thiazole rings is 1. The molecule has 1 amide bonds. The molecule has 0 bridgehead atoms. The van der Waals surface area contributed by atoms with Crippen molar-refractivity contribution in [3.8, 4) is 10.6 Å². The Labute approximate surface area is 158 Å². The Morgan fingerprint density at radius 1 is 1.23 bits per heavy atom. The number of amides is 1. The van der Waals surface area contributed by atoms with E-state index in [0.29, 0.717) is 13.1 Å². The Morgan fingerprint density at radius 3 is 2.65 bits per heavy atom. The fourth-order valence-corrected chi connectivity index (χ4v) is 3.93. The Balaban J connectivity index is 1.61. The van der Waals surface area contributed by atoms with Crippen LogP contribution in [0.4, 0.5) is 14.5 Å². The minimum absolute atomic E-state index is 0.0234. The average Bonchev–Trinajstić information content (AvgIpc) is 3.29. The Bertz CT molecular complexity index is 860. The van der Waals surface area contributed by atoms with Crippen molar-refractivity contribution in [2.75, 3.05) is 18.4 Å². The van der Waals surface area contributed by atoms with E-state index < -0.39 is 23.2 Å². The van der Waals surface area contributed by atoms with Crippen molar-refractivity contribution in [1.29, 1.82) is 0 Å². The van der Waals surface area contributed by atoms with Gasteiger partial charge in [-0.2, -0.15) is 11.3 Å². The van der Waals surface area contributed by atoms with Gasteiger partial charge >= 0.3 is 0 Å². The number of nitrogens with one attached hydrogen (secondary N) is 1. The Morgan fingerprint density at radius 2 is 2.00 bits per heavy atom. The van der Waals surface area contributed by atoms with Crippen molar-refractivity contribution in [2.45, 2.75) is 13.5 Å². The van der Waals surface area contributed by atoms with Gasteiger partial charge in [-0.1, -0.05) is 13.0 Å². The third-order valence-corrected chi connectivity index (χ3v) is 5.37. The number of carbonyl (C=O) groups excluding carboxylic acids is 1. The van der Waals surface area contributed by atoms with Crippen molar-refractivity contribution in [1.82, 2.24) is 9.88 Å². The zero-order valence-corrected chi connectivity index (χ0v) is 15.7. The van der Waals surface area contributed by atoms with Gasteiger partial charge in [-0.25, -0.2) is 13.8 Å². The van der Waals surface area contributed by atoms with Crippen molar-refractivity contribution < 1.29 is 13.6 Å². The van der Waals surface area contributed by atoms with Crippen LogP contribution < -0.4 is 5.32 Å². The number of anilines is 1. The summed E-state index contributed by atoms with van der Waals surface area (Å²) in [6.45, 7) is 3.04. The Kier molecular flexibility index (Phi) is 6.08. The van der Waals surface area contributed by atoms with Gasteiger partial charge in [0.05, 0.1) is 12.2 Å². The normalized spacial score (nSPS) is 11.1. The molecular formula is C18H17F2N3OS2. The third kappa shape index (κ3) is 4.51. The molecule has 0 unspecified atom stereocenters. The predicted molar refractivity (Wildman–Crippen MR) is 101 cm³/mol. The molecule has 0 aliphatic heterocycles. The maximum atomic E-state index is 13.6. The van der Waals surface area contributed by atoms with Crippen LogP contribution in [0.5, 0.6) is 0 Å². The summed E-state index contributed by atoms with van der Waals surface area (Å²) < 4.78 is 27.3. The Hall–Kier alpha value is -2.16. The van der Waals surface area contributed by atoms with Crippen LogP contribution in [0, 0.1) is 11.6 Å². The number of likely N-dealkylation sites (N-methyl/N-ethyl adjacent to an activating group) is 1. The van der Waals surface area contributed by atoms with Crippen LogP contribution in [0.25, 0.3) is 10.6 Å². The SMILES string of the molecule is CCN(CC(=O)Nc1c(F)cccc1F)Cc1csc(-c2ccsc2)n1. The third-order valence-electron chi connectivity index (χ3n) is 3.75. The molecule has 3 rings (SSSR count). The molecule has 2 aromatic heterocycles. The molecule has 0 saturated carbocycles. The first-order valence-corrected chi connectivity index (χ1v) is 9.82. The zero-order valence-electron chi connectivity index (χ0n) is 14.0. The van der Waals surface area contributed by atoms with Gasteiger partial charge in [0, 0.05) is 22.9 Å². The molecule has 136 valence electrons. The highest BCUT2D eigenvalue weighted by atomic mass is 32.1. The van der Waals surface area contributed by atoms with Crippen LogP contribution in [0.1, 0.15) is 12.6 Å². The number of rotatable bonds is 7. The molecule has 1 aromatic carbocycles. The van der Waals surface area contributed by atoms with Crippen LogP contribution in [0.15, 0.2) is 40.4 Å². The second kappa shape index (κ2) is 8.48. The fraction of sp³-hybridized carbons (Fsp3) is 0.222. The topological polar surface area (TPSA) is 45.2 Å². The van der Waals surface area contributed by atoms with E-state index in [1.807, 2.05) is 34.0 Å². The summed E-state index contributed by atoms with van der Waals surface area (Å²) in [5.74, 6) is -2.05. The number of carbonyl (C=O) groups is 1. The molecule has 0 radical (unpaired) electrons. The van der Waals surface area contributed by atoms with Gasteiger partial charge in [0.1, 0.15) is 22.3 Å². The number of halogens is 2. The van der Waals surface area contributed by atoms with Crippen LogP contribution in [0.3, 0.4) is 0 Å². The van der Waals surface area contributed by atoms with E-state index in [1.165, 1.54) is 6.07 Å². The number of hydrogen-bond donors (Lipinski definition) is 1. The number of nitrogens with zero attached hydrogens (tertiary/aromatic N) is 2. The second-order valence-corrected chi connectivity index (χ2v) is 7.24. The number of hydrogen-bond acceptors (Lipinski definition) is 5. The minimum Gasteiger partial charge on any atom is -0.320 e. The molecule has 0 atom stereocenters. The minimum atomic E-state index is -0.790. The monoisotopic (exact) mass is 393 g/mol. The summed E-state index contributed by atoms with van der Waals surface area (Å²) in [6, 6.07) is 5.49. The van der Waals surface area contributed by atoms with Gasteiger partial charge in [0.2, 0.25) is 5.91 Å². The zero-order chi connectivity index (χ0) is 18.5. The summed E-state index contributed by atoms with van der Waals surface area (Å²) in [6.07, 6.45) is 0. The van der Waals surface area contributed by atoms with E-state index in [1.54, 1.807) is 22.7 Å². The highest BCUT2D eigenvalue weighted by molar-refractivity contribution is 7.14. The van der Waals surface area contributed by atoms with Gasteiger partial charge in [0.25, 0.3) is 0 Å². The van der Waals surface area contributed by atoms with Crippen LogP contribution >= 0.6 is 22.7 Å². The number of benzene rings is 1. The maximum absolute atomic E-state index is 13.6. The highest BCUT2D eigenvalue weighted by Crippen LogP contribution is 2.26. The van der Waals surface area contributed by atoms with E-state index in [-0.39, 0.29) is 6.54 Å². The van der Waals surface area contributed by atoms with E-state index in [9.17, 15) is 13.6 Å². The number of para-hydroxylation sites is 1. The first-order chi connectivity index (χ1) is 12.6. The summed E-state index contributed by atoms with van der Waals surface area (Å²) in [5, 5.41) is 9.25. The molecule has 0 aliphatic rings. The average molecular weight is 393 g/mol. The standard InChI is InChI=1S/C18H17F2N3OS2/c1-2-23(8-13-11-26-18(21-13)12-6-7-25-10-12)9-16(24)22-17-14(19)4-3-5-15(17)20/h3-7,10-11H,2,8-9H2,1H3,(H,22,24). The fourth-order valence-electron chi connectivity index (χ4n) is 2.41. The smallest absolute Gasteiger partial charge is 0.238 e. The first-order valence-electron chi connectivity index (χ1n) is 8.00.